The van der Waals surface area contributed by atoms with Crippen LogP contribution in [-0.4, -0.2) is 24.7 Å². The number of nitrogens with zero attached hydrogens (tertiary/aromatic N) is 1. The van der Waals surface area contributed by atoms with E-state index in [2.05, 4.69) is 0 Å². The van der Waals surface area contributed by atoms with Gasteiger partial charge in [-0.1, -0.05) is 12.1 Å². The first-order valence-electron chi connectivity index (χ1n) is 5.42. The highest BCUT2D eigenvalue weighted by Gasteiger charge is 2.28. The van der Waals surface area contributed by atoms with Crippen LogP contribution < -0.4 is 5.73 Å². The maximum atomic E-state index is 12.1. The van der Waals surface area contributed by atoms with E-state index in [4.69, 9.17) is 5.73 Å². The van der Waals surface area contributed by atoms with Crippen molar-refractivity contribution in [1.29, 1.82) is 0 Å². The largest absolute Gasteiger partial charge is 0.399 e. The van der Waals surface area contributed by atoms with Gasteiger partial charge in [0.15, 0.2) is 0 Å². The molecule has 1 atom stereocenters. The van der Waals surface area contributed by atoms with Crippen molar-refractivity contribution in [2.45, 2.75) is 25.6 Å². The van der Waals surface area contributed by atoms with Crippen LogP contribution in [0, 0.1) is 0 Å². The summed E-state index contributed by atoms with van der Waals surface area (Å²) in [4.78, 5) is 1.68. The van der Waals surface area contributed by atoms with Crippen LogP contribution in [0.15, 0.2) is 24.3 Å². The topological polar surface area (TPSA) is 29.3 Å². The number of hydrogen-bond donors (Lipinski definition) is 1. The van der Waals surface area contributed by atoms with Crippen molar-refractivity contribution >= 4 is 5.69 Å². The quantitative estimate of drug-likeness (QED) is 0.826. The van der Waals surface area contributed by atoms with E-state index in [1.54, 1.807) is 24.1 Å². The number of anilines is 1. The van der Waals surface area contributed by atoms with Crippen molar-refractivity contribution in [2.24, 2.45) is 0 Å². The standard InChI is InChI=1S/C12H17F3N2/c1-9(10-3-5-11(16)6-4-10)17(2)8-7-12(13,14)15/h3-6,9H,7-8,16H2,1-2H3. The summed E-state index contributed by atoms with van der Waals surface area (Å²) in [6, 6.07) is 7.12. The summed E-state index contributed by atoms with van der Waals surface area (Å²) in [7, 11) is 1.69. The molecule has 0 radical (unpaired) electrons. The van der Waals surface area contributed by atoms with Gasteiger partial charge in [0.25, 0.3) is 0 Å². The van der Waals surface area contributed by atoms with Crippen molar-refractivity contribution in [1.82, 2.24) is 4.90 Å². The van der Waals surface area contributed by atoms with Gasteiger partial charge in [0.05, 0.1) is 6.42 Å². The first kappa shape index (κ1) is 13.8. The Bertz CT molecular complexity index is 346. The zero-order valence-electron chi connectivity index (χ0n) is 9.96. The maximum Gasteiger partial charge on any atom is 0.390 e. The van der Waals surface area contributed by atoms with E-state index in [9.17, 15) is 13.2 Å². The van der Waals surface area contributed by atoms with Crippen molar-refractivity contribution in [3.63, 3.8) is 0 Å². The Hall–Kier alpha value is -1.23. The van der Waals surface area contributed by atoms with Gasteiger partial charge in [-0.15, -0.1) is 0 Å². The monoisotopic (exact) mass is 246 g/mol. The Morgan fingerprint density at radius 1 is 1.24 bits per heavy atom. The lowest BCUT2D eigenvalue weighted by Gasteiger charge is -2.25. The fraction of sp³-hybridized carbons (Fsp3) is 0.500. The van der Waals surface area contributed by atoms with Crippen molar-refractivity contribution < 1.29 is 13.2 Å². The van der Waals surface area contributed by atoms with Gasteiger partial charge in [0.2, 0.25) is 0 Å². The van der Waals surface area contributed by atoms with E-state index < -0.39 is 12.6 Å². The predicted octanol–water partition coefficient (Wildman–Crippen LogP) is 3.21. The van der Waals surface area contributed by atoms with E-state index in [0.29, 0.717) is 5.69 Å². The zero-order valence-corrected chi connectivity index (χ0v) is 9.96. The minimum atomic E-state index is -4.10. The highest BCUT2D eigenvalue weighted by molar-refractivity contribution is 5.39. The minimum Gasteiger partial charge on any atom is -0.399 e. The number of nitrogens with two attached hydrogens (primary N) is 1. The highest BCUT2D eigenvalue weighted by Crippen LogP contribution is 2.24. The normalized spacial score (nSPS) is 14.0. The molecule has 5 heteroatoms. The van der Waals surface area contributed by atoms with Crippen LogP contribution in [0.3, 0.4) is 0 Å². The SMILES string of the molecule is CC(c1ccc(N)cc1)N(C)CCC(F)(F)F. The van der Waals surface area contributed by atoms with Crippen molar-refractivity contribution in [3.05, 3.63) is 29.8 Å². The molecule has 2 nitrogen and oxygen atoms in total. The molecule has 0 aromatic heterocycles. The second-order valence-corrected chi connectivity index (χ2v) is 4.19. The van der Waals surface area contributed by atoms with Crippen LogP contribution >= 0.6 is 0 Å². The van der Waals surface area contributed by atoms with Gasteiger partial charge < -0.3 is 5.73 Å². The first-order valence-corrected chi connectivity index (χ1v) is 5.42. The molecule has 0 bridgehead atoms. The molecule has 0 saturated heterocycles. The molecule has 0 aliphatic heterocycles. The summed E-state index contributed by atoms with van der Waals surface area (Å²) < 4.78 is 36.3. The molecular weight excluding hydrogens is 229 g/mol. The third kappa shape index (κ3) is 4.65. The number of alkyl halides is 3. The molecule has 96 valence electrons. The number of benzene rings is 1. The van der Waals surface area contributed by atoms with Gasteiger partial charge in [-0.05, 0) is 31.7 Å². The molecule has 0 heterocycles. The third-order valence-corrected chi connectivity index (χ3v) is 2.83. The number of hydrogen-bond acceptors (Lipinski definition) is 2. The molecule has 1 aromatic rings. The Labute approximate surface area is 99.2 Å². The smallest absolute Gasteiger partial charge is 0.390 e. The lowest BCUT2D eigenvalue weighted by molar-refractivity contribution is -0.138. The van der Waals surface area contributed by atoms with Gasteiger partial charge in [0, 0.05) is 18.3 Å². The molecule has 0 amide bonds. The van der Waals surface area contributed by atoms with Gasteiger partial charge in [0.1, 0.15) is 0 Å². The maximum absolute atomic E-state index is 12.1. The van der Waals surface area contributed by atoms with Crippen LogP contribution in [0.5, 0.6) is 0 Å². The number of rotatable bonds is 4. The average Bonchev–Trinajstić information content (AvgIpc) is 2.25. The summed E-state index contributed by atoms with van der Waals surface area (Å²) in [5.41, 5.74) is 7.17. The third-order valence-electron chi connectivity index (χ3n) is 2.83. The van der Waals surface area contributed by atoms with Crippen LogP contribution in [0.25, 0.3) is 0 Å². The molecule has 0 spiro atoms. The predicted molar refractivity (Wildman–Crippen MR) is 62.6 cm³/mol. The molecule has 0 aliphatic carbocycles. The molecular formula is C12H17F3N2. The van der Waals surface area contributed by atoms with Crippen LogP contribution in [0.4, 0.5) is 18.9 Å². The lowest BCUT2D eigenvalue weighted by Crippen LogP contribution is -2.27. The molecule has 17 heavy (non-hydrogen) atoms. The molecule has 0 aliphatic rings. The molecule has 0 fully saturated rings. The van der Waals surface area contributed by atoms with Gasteiger partial charge in [-0.2, -0.15) is 13.2 Å². The fourth-order valence-electron chi connectivity index (χ4n) is 1.53. The van der Waals surface area contributed by atoms with Gasteiger partial charge >= 0.3 is 6.18 Å². The summed E-state index contributed by atoms with van der Waals surface area (Å²) in [6.07, 6.45) is -4.89. The summed E-state index contributed by atoms with van der Waals surface area (Å²) in [5, 5.41) is 0. The zero-order chi connectivity index (χ0) is 13.1. The van der Waals surface area contributed by atoms with Crippen LogP contribution in [0.2, 0.25) is 0 Å². The Balaban J connectivity index is 2.57. The summed E-state index contributed by atoms with van der Waals surface area (Å²) in [5.74, 6) is 0. The molecule has 1 aromatic carbocycles. The minimum absolute atomic E-state index is 0.00492. The molecule has 0 saturated carbocycles. The Kier molecular flexibility index (Phi) is 4.40. The van der Waals surface area contributed by atoms with Crippen molar-refractivity contribution in [2.75, 3.05) is 19.3 Å². The summed E-state index contributed by atoms with van der Waals surface area (Å²) in [6.45, 7) is 1.87. The second-order valence-electron chi connectivity index (χ2n) is 4.19. The second kappa shape index (κ2) is 5.40. The number of halogens is 3. The van der Waals surface area contributed by atoms with E-state index in [0.717, 1.165) is 5.56 Å². The van der Waals surface area contributed by atoms with Gasteiger partial charge in [-0.25, -0.2) is 0 Å². The highest BCUT2D eigenvalue weighted by atomic mass is 19.4. The summed E-state index contributed by atoms with van der Waals surface area (Å²) >= 11 is 0. The van der Waals surface area contributed by atoms with E-state index in [-0.39, 0.29) is 12.6 Å². The Morgan fingerprint density at radius 2 is 1.76 bits per heavy atom. The first-order chi connectivity index (χ1) is 7.79. The molecule has 1 unspecified atom stereocenters. The van der Waals surface area contributed by atoms with E-state index in [1.807, 2.05) is 19.1 Å². The average molecular weight is 246 g/mol. The van der Waals surface area contributed by atoms with E-state index >= 15 is 0 Å². The van der Waals surface area contributed by atoms with Crippen LogP contribution in [0.1, 0.15) is 24.9 Å². The van der Waals surface area contributed by atoms with Crippen LogP contribution in [-0.2, 0) is 0 Å². The Morgan fingerprint density at radius 3 is 2.24 bits per heavy atom. The van der Waals surface area contributed by atoms with Crippen molar-refractivity contribution in [3.8, 4) is 0 Å². The molecule has 1 rings (SSSR count). The fourth-order valence-corrected chi connectivity index (χ4v) is 1.53. The van der Waals surface area contributed by atoms with Gasteiger partial charge in [-0.3, -0.25) is 4.90 Å². The van der Waals surface area contributed by atoms with E-state index in [1.165, 1.54) is 0 Å². The lowest BCUT2D eigenvalue weighted by atomic mass is 10.1. The molecule has 2 N–H and O–H groups in total. The number of nitrogen functional groups attached to an aromatic ring is 1.